The zero-order valence-electron chi connectivity index (χ0n) is 23.3. The Morgan fingerprint density at radius 2 is 1.98 bits per heavy atom. The van der Waals surface area contributed by atoms with Gasteiger partial charge < -0.3 is 34.2 Å². The van der Waals surface area contributed by atoms with Gasteiger partial charge in [0.05, 0.1) is 25.6 Å². The Kier molecular flexibility index (Phi) is 10.7. The van der Waals surface area contributed by atoms with Crippen LogP contribution in [0.1, 0.15) is 26.5 Å². The number of carbonyl (C=O) groups is 1. The van der Waals surface area contributed by atoms with Crippen LogP contribution in [0.25, 0.3) is 21.9 Å². The number of hydrogen-bond acceptors (Lipinski definition) is 11. The summed E-state index contributed by atoms with van der Waals surface area (Å²) in [5, 5.41) is 15.4. The highest BCUT2D eigenvalue weighted by Gasteiger charge is 2.54. The molecule has 4 aromatic rings. The number of benzene rings is 2. The minimum atomic E-state index is -3.01. The quantitative estimate of drug-likeness (QED) is 0.168. The van der Waals surface area contributed by atoms with Gasteiger partial charge in [-0.3, -0.25) is 4.57 Å². The molecule has 4 N–H and O–H groups in total. The van der Waals surface area contributed by atoms with Gasteiger partial charge in [0, 0.05) is 13.5 Å². The van der Waals surface area contributed by atoms with Crippen LogP contribution in [0.5, 0.6) is 5.75 Å². The second-order valence-corrected chi connectivity index (χ2v) is 10.9. The van der Waals surface area contributed by atoms with E-state index in [1.807, 2.05) is 44.2 Å². The number of carbonyl (C=O) groups excluding carboxylic acids is 1. The number of aliphatic hydroxyl groups is 1. The zero-order chi connectivity index (χ0) is 30.3. The number of imidazole rings is 1. The lowest BCUT2D eigenvalue weighted by molar-refractivity contribution is -0.167. The van der Waals surface area contributed by atoms with E-state index < -0.39 is 45.9 Å². The van der Waals surface area contributed by atoms with Gasteiger partial charge in [0.1, 0.15) is 30.0 Å². The predicted octanol–water partition coefficient (Wildman–Crippen LogP) is 4.00. The standard InChI is InChI=1S/C23H23F2N6O5P.C4H10O/c24-22(25)23(10-17(33)21(35-23)31-13-29-18-19(26)27-12-28-20(18)31)11-34-37(30-7-8-32)36-16-6-5-14-3-1-2-4-15(14)9-16;1-4(2)5-3/h1-6,8-9,12-13,17,21-22,30,33H,7,10-11H2,(H2,26,27,28);4H,1-3H3. The highest BCUT2D eigenvalue weighted by atomic mass is 31.2. The van der Waals surface area contributed by atoms with Gasteiger partial charge >= 0.3 is 8.53 Å². The molecule has 2 aromatic carbocycles. The number of anilines is 1. The number of ether oxygens (including phenoxy) is 2. The third kappa shape index (κ3) is 7.33. The number of nitrogens with one attached hydrogen (secondary N) is 1. The zero-order valence-corrected chi connectivity index (χ0v) is 24.2. The van der Waals surface area contributed by atoms with Crippen LogP contribution in [-0.4, -0.2) is 75.4 Å². The van der Waals surface area contributed by atoms with E-state index in [9.17, 15) is 18.7 Å². The molecular formula is C27H33F2N6O6P. The SMILES string of the molecule is COC(C)C.Nc1ncnc2c1ncn2C1OC(COP(NCC=O)Oc2ccc3ccccc3c2)(C(F)F)CC1O. The third-order valence-corrected chi connectivity index (χ3v) is 7.59. The first-order valence-corrected chi connectivity index (χ1v) is 14.2. The number of nitrogen functional groups attached to an aromatic ring is 1. The van der Waals surface area contributed by atoms with Crippen LogP contribution in [-0.2, 0) is 18.8 Å². The molecule has 2 aromatic heterocycles. The lowest BCUT2D eigenvalue weighted by Gasteiger charge is -2.29. The van der Waals surface area contributed by atoms with Crippen molar-refractivity contribution >= 4 is 42.6 Å². The lowest BCUT2D eigenvalue weighted by atomic mass is 10.0. The van der Waals surface area contributed by atoms with E-state index in [4.69, 9.17) is 24.3 Å². The summed E-state index contributed by atoms with van der Waals surface area (Å²) in [4.78, 5) is 23.0. The number of nitrogens with zero attached hydrogens (tertiary/aromatic N) is 4. The average molecular weight is 607 g/mol. The van der Waals surface area contributed by atoms with Crippen molar-refractivity contribution in [3.8, 4) is 5.75 Å². The van der Waals surface area contributed by atoms with E-state index in [0.29, 0.717) is 18.1 Å². The number of halogens is 2. The predicted molar refractivity (Wildman–Crippen MR) is 153 cm³/mol. The van der Waals surface area contributed by atoms with E-state index in [1.54, 1.807) is 19.2 Å². The first-order valence-electron chi connectivity index (χ1n) is 13.0. The molecule has 1 aliphatic heterocycles. The fourth-order valence-electron chi connectivity index (χ4n) is 4.12. The number of nitrogens with two attached hydrogens (primary N) is 1. The number of rotatable bonds is 11. The molecule has 0 bridgehead atoms. The fraction of sp³-hybridized carbons (Fsp3) is 0.407. The van der Waals surface area contributed by atoms with E-state index in [1.165, 1.54) is 17.2 Å². The van der Waals surface area contributed by atoms with Gasteiger partial charge in [-0.1, -0.05) is 30.3 Å². The smallest absolute Gasteiger partial charge is 0.318 e. The largest absolute Gasteiger partial charge is 0.436 e. The molecule has 0 saturated carbocycles. The van der Waals surface area contributed by atoms with Crippen LogP contribution in [0.4, 0.5) is 14.6 Å². The summed E-state index contributed by atoms with van der Waals surface area (Å²) in [6.45, 7) is 3.27. The van der Waals surface area contributed by atoms with Gasteiger partial charge in [-0.05, 0) is 36.8 Å². The van der Waals surface area contributed by atoms with Crippen molar-refractivity contribution < 1.29 is 37.2 Å². The maximum Gasteiger partial charge on any atom is 0.318 e. The highest BCUT2D eigenvalue weighted by Crippen LogP contribution is 2.45. The molecule has 0 aliphatic carbocycles. The molecule has 226 valence electrons. The van der Waals surface area contributed by atoms with Gasteiger partial charge in [-0.2, -0.15) is 0 Å². The molecule has 15 heteroatoms. The molecule has 3 heterocycles. The number of aliphatic hydroxyl groups excluding tert-OH is 1. The van der Waals surface area contributed by atoms with Crippen LogP contribution in [0, 0.1) is 0 Å². The van der Waals surface area contributed by atoms with Gasteiger partial charge in [-0.15, -0.1) is 0 Å². The normalized spacial score (nSPS) is 21.0. The van der Waals surface area contributed by atoms with E-state index >= 15 is 0 Å². The Labute approximate surface area is 242 Å². The third-order valence-electron chi connectivity index (χ3n) is 6.41. The molecule has 4 atom stereocenters. The summed E-state index contributed by atoms with van der Waals surface area (Å²) in [5.74, 6) is 0.541. The van der Waals surface area contributed by atoms with E-state index in [-0.39, 0.29) is 23.5 Å². The van der Waals surface area contributed by atoms with Crippen molar-refractivity contribution in [2.45, 2.75) is 50.7 Å². The van der Waals surface area contributed by atoms with E-state index in [0.717, 1.165) is 10.8 Å². The monoisotopic (exact) mass is 606 g/mol. The molecule has 1 aliphatic rings. The van der Waals surface area contributed by atoms with Gasteiger partial charge in [0.2, 0.25) is 0 Å². The van der Waals surface area contributed by atoms with Gasteiger partial charge in [0.25, 0.3) is 6.43 Å². The molecule has 4 unspecified atom stereocenters. The van der Waals surface area contributed by atoms with Crippen LogP contribution in [0.3, 0.4) is 0 Å². The summed E-state index contributed by atoms with van der Waals surface area (Å²) in [5.41, 5.74) is 4.14. The maximum absolute atomic E-state index is 14.4. The Balaban J connectivity index is 0.000000748. The maximum atomic E-state index is 14.4. The van der Waals surface area contributed by atoms with Crippen molar-refractivity contribution in [2.75, 3.05) is 26.0 Å². The molecule has 0 radical (unpaired) electrons. The second kappa shape index (κ2) is 14.2. The topological polar surface area (TPSA) is 156 Å². The number of fused-ring (bicyclic) bond motifs is 2. The molecule has 0 spiro atoms. The van der Waals surface area contributed by atoms with Crippen molar-refractivity contribution in [3.05, 3.63) is 55.1 Å². The second-order valence-electron chi connectivity index (χ2n) is 9.67. The number of alkyl halides is 2. The van der Waals surface area contributed by atoms with Crippen molar-refractivity contribution in [1.29, 1.82) is 0 Å². The van der Waals surface area contributed by atoms with Crippen LogP contribution in [0.15, 0.2) is 55.1 Å². The van der Waals surface area contributed by atoms with Crippen molar-refractivity contribution in [2.24, 2.45) is 0 Å². The minimum Gasteiger partial charge on any atom is -0.436 e. The summed E-state index contributed by atoms with van der Waals surface area (Å²) in [6.07, 6.45) is -2.48. The Bertz CT molecular complexity index is 1480. The molecule has 42 heavy (non-hydrogen) atoms. The first kappa shape index (κ1) is 31.5. The summed E-state index contributed by atoms with van der Waals surface area (Å²) in [6, 6.07) is 13.0. The number of aromatic nitrogens is 4. The van der Waals surface area contributed by atoms with Gasteiger partial charge in [0.15, 0.2) is 23.3 Å². The average Bonchev–Trinajstić information content (AvgIpc) is 3.56. The van der Waals surface area contributed by atoms with Crippen molar-refractivity contribution in [3.63, 3.8) is 0 Å². The minimum absolute atomic E-state index is 0.109. The highest BCUT2D eigenvalue weighted by molar-refractivity contribution is 7.45. The van der Waals surface area contributed by atoms with Crippen LogP contribution in [0.2, 0.25) is 0 Å². The van der Waals surface area contributed by atoms with Crippen LogP contribution >= 0.6 is 8.53 Å². The van der Waals surface area contributed by atoms with E-state index in [2.05, 4.69) is 20.0 Å². The summed E-state index contributed by atoms with van der Waals surface area (Å²) >= 11 is 0. The summed E-state index contributed by atoms with van der Waals surface area (Å²) < 4.78 is 52.1. The number of methoxy groups -OCH3 is 1. The Morgan fingerprint density at radius 1 is 1.24 bits per heavy atom. The lowest BCUT2D eigenvalue weighted by Crippen LogP contribution is -2.42. The molecule has 1 fully saturated rings. The van der Waals surface area contributed by atoms with Crippen molar-refractivity contribution in [1.82, 2.24) is 24.6 Å². The number of aldehydes is 1. The Hall–Kier alpha value is -3.39. The molecular weight excluding hydrogens is 573 g/mol. The fourth-order valence-corrected chi connectivity index (χ4v) is 5.19. The molecule has 1 saturated heterocycles. The number of hydrogen-bond donors (Lipinski definition) is 3. The first-order chi connectivity index (χ1) is 20.2. The van der Waals surface area contributed by atoms with Crippen LogP contribution < -0.4 is 15.3 Å². The van der Waals surface area contributed by atoms with Gasteiger partial charge in [-0.25, -0.2) is 28.8 Å². The molecule has 12 nitrogen and oxygen atoms in total. The summed E-state index contributed by atoms with van der Waals surface area (Å²) in [7, 11) is -0.311. The molecule has 5 rings (SSSR count). The molecule has 0 amide bonds. The Morgan fingerprint density at radius 3 is 2.67 bits per heavy atom.